The van der Waals surface area contributed by atoms with Gasteiger partial charge in [0.2, 0.25) is 5.91 Å². The average molecular weight is 289 g/mol. The molecule has 114 valence electrons. The fraction of sp³-hybridized carbons (Fsp3) is 0.529. The van der Waals surface area contributed by atoms with E-state index < -0.39 is 11.9 Å². The monoisotopic (exact) mass is 289 g/mol. The highest BCUT2D eigenvalue weighted by Crippen LogP contribution is 2.33. The molecule has 4 nitrogen and oxygen atoms in total. The molecular weight excluding hydrogens is 266 g/mol. The van der Waals surface area contributed by atoms with Gasteiger partial charge in [0.1, 0.15) is 0 Å². The molecule has 1 aromatic carbocycles. The Kier molecular flexibility index (Phi) is 4.66. The molecule has 1 aliphatic rings. The highest BCUT2D eigenvalue weighted by molar-refractivity contribution is 5.85. The molecule has 1 fully saturated rings. The number of rotatable bonds is 4. The highest BCUT2D eigenvalue weighted by Gasteiger charge is 2.38. The maximum absolute atomic E-state index is 12.5. The molecule has 1 N–H and O–H groups in total. The number of hydrogen-bond acceptors (Lipinski definition) is 2. The van der Waals surface area contributed by atoms with E-state index in [1.165, 1.54) is 5.56 Å². The standard InChI is InChI=1S/C17H23NO3/c1-11-7-8-13(12(2)9-11)10-18(3)16(19)14-5-4-6-15(14)17(20)21/h7-9,14-15H,4-6,10H2,1-3H3,(H,20,21)/t14-,15+/m1/s1. The van der Waals surface area contributed by atoms with Gasteiger partial charge >= 0.3 is 5.97 Å². The summed E-state index contributed by atoms with van der Waals surface area (Å²) in [5.74, 6) is -1.76. The third kappa shape index (κ3) is 3.43. The third-order valence-corrected chi connectivity index (χ3v) is 4.43. The van der Waals surface area contributed by atoms with Crippen molar-refractivity contribution in [1.29, 1.82) is 0 Å². The molecule has 1 aliphatic carbocycles. The predicted octanol–water partition coefficient (Wildman–Crippen LogP) is 2.76. The first kappa shape index (κ1) is 15.5. The van der Waals surface area contributed by atoms with Gasteiger partial charge in [-0.1, -0.05) is 30.2 Å². The van der Waals surface area contributed by atoms with Crippen molar-refractivity contribution >= 4 is 11.9 Å². The molecule has 0 bridgehead atoms. The summed E-state index contributed by atoms with van der Waals surface area (Å²) < 4.78 is 0. The number of aryl methyl sites for hydroxylation is 2. The second kappa shape index (κ2) is 6.29. The fourth-order valence-corrected chi connectivity index (χ4v) is 3.19. The van der Waals surface area contributed by atoms with Gasteiger partial charge in [-0.05, 0) is 37.8 Å². The van der Waals surface area contributed by atoms with E-state index in [0.717, 1.165) is 17.5 Å². The van der Waals surface area contributed by atoms with E-state index in [1.54, 1.807) is 11.9 Å². The van der Waals surface area contributed by atoms with Gasteiger partial charge in [-0.15, -0.1) is 0 Å². The highest BCUT2D eigenvalue weighted by atomic mass is 16.4. The molecule has 2 atom stereocenters. The van der Waals surface area contributed by atoms with Crippen molar-refractivity contribution in [3.05, 3.63) is 34.9 Å². The SMILES string of the molecule is Cc1ccc(CN(C)C(=O)[C@@H]2CCC[C@@H]2C(=O)O)c(C)c1. The van der Waals surface area contributed by atoms with Gasteiger partial charge in [0.05, 0.1) is 11.8 Å². The topological polar surface area (TPSA) is 57.6 Å². The van der Waals surface area contributed by atoms with Crippen molar-refractivity contribution in [3.8, 4) is 0 Å². The molecule has 1 amide bonds. The van der Waals surface area contributed by atoms with Crippen LogP contribution in [0.3, 0.4) is 0 Å². The summed E-state index contributed by atoms with van der Waals surface area (Å²) in [6.45, 7) is 4.62. The first-order valence-corrected chi connectivity index (χ1v) is 7.44. The number of amides is 1. The lowest BCUT2D eigenvalue weighted by Crippen LogP contribution is -2.36. The summed E-state index contributed by atoms with van der Waals surface area (Å²) in [4.78, 5) is 25.4. The second-order valence-electron chi connectivity index (χ2n) is 6.11. The average Bonchev–Trinajstić information content (AvgIpc) is 2.90. The molecule has 0 spiro atoms. The number of carboxylic acid groups (broad SMARTS) is 1. The number of carbonyl (C=O) groups is 2. The Morgan fingerprint density at radius 2 is 1.90 bits per heavy atom. The minimum Gasteiger partial charge on any atom is -0.481 e. The van der Waals surface area contributed by atoms with Crippen LogP contribution in [0.5, 0.6) is 0 Å². The Bertz CT molecular complexity index is 553. The summed E-state index contributed by atoms with van der Waals surface area (Å²) in [5.41, 5.74) is 3.48. The van der Waals surface area contributed by atoms with Gasteiger partial charge in [0.25, 0.3) is 0 Å². The van der Waals surface area contributed by atoms with Gasteiger partial charge in [-0.3, -0.25) is 9.59 Å². The summed E-state index contributed by atoms with van der Waals surface area (Å²) in [6, 6.07) is 6.18. The summed E-state index contributed by atoms with van der Waals surface area (Å²) >= 11 is 0. The molecule has 21 heavy (non-hydrogen) atoms. The lowest BCUT2D eigenvalue weighted by Gasteiger charge is -2.24. The quantitative estimate of drug-likeness (QED) is 0.927. The molecule has 0 radical (unpaired) electrons. The van der Waals surface area contributed by atoms with Crippen LogP contribution >= 0.6 is 0 Å². The van der Waals surface area contributed by atoms with E-state index >= 15 is 0 Å². The number of benzene rings is 1. The Balaban J connectivity index is 2.07. The van der Waals surface area contributed by atoms with Crippen LogP contribution in [-0.4, -0.2) is 28.9 Å². The zero-order valence-electron chi connectivity index (χ0n) is 12.9. The molecule has 2 rings (SSSR count). The van der Waals surface area contributed by atoms with Crippen LogP contribution in [0, 0.1) is 25.7 Å². The predicted molar refractivity (Wildman–Crippen MR) is 80.9 cm³/mol. The van der Waals surface area contributed by atoms with Crippen molar-refractivity contribution in [2.24, 2.45) is 11.8 Å². The molecule has 1 aromatic rings. The minimum atomic E-state index is -0.842. The van der Waals surface area contributed by atoms with Crippen LogP contribution in [0.25, 0.3) is 0 Å². The lowest BCUT2D eigenvalue weighted by molar-refractivity contribution is -0.148. The molecule has 0 heterocycles. The van der Waals surface area contributed by atoms with Gasteiger partial charge in [-0.25, -0.2) is 0 Å². The fourth-order valence-electron chi connectivity index (χ4n) is 3.19. The number of carbonyl (C=O) groups excluding carboxylic acids is 1. The Morgan fingerprint density at radius 1 is 1.24 bits per heavy atom. The molecular formula is C17H23NO3. The van der Waals surface area contributed by atoms with Crippen molar-refractivity contribution in [3.63, 3.8) is 0 Å². The van der Waals surface area contributed by atoms with E-state index in [2.05, 4.69) is 6.07 Å². The van der Waals surface area contributed by atoms with Gasteiger partial charge in [-0.2, -0.15) is 0 Å². The molecule has 0 saturated heterocycles. The molecule has 1 saturated carbocycles. The van der Waals surface area contributed by atoms with Crippen molar-refractivity contribution in [2.75, 3.05) is 7.05 Å². The van der Waals surface area contributed by atoms with Crippen LogP contribution in [-0.2, 0) is 16.1 Å². The Morgan fingerprint density at radius 3 is 2.52 bits per heavy atom. The summed E-state index contributed by atoms with van der Waals surface area (Å²) in [5, 5.41) is 9.21. The van der Waals surface area contributed by atoms with E-state index in [0.29, 0.717) is 19.4 Å². The minimum absolute atomic E-state index is 0.0418. The van der Waals surface area contributed by atoms with Crippen molar-refractivity contribution in [1.82, 2.24) is 4.90 Å². The van der Waals surface area contributed by atoms with E-state index in [4.69, 9.17) is 0 Å². The van der Waals surface area contributed by atoms with Crippen LogP contribution in [0.1, 0.15) is 36.0 Å². The van der Waals surface area contributed by atoms with Gasteiger partial charge < -0.3 is 10.0 Å². The van der Waals surface area contributed by atoms with E-state index in [1.807, 2.05) is 26.0 Å². The van der Waals surface area contributed by atoms with Gasteiger partial charge in [0.15, 0.2) is 0 Å². The molecule has 0 unspecified atom stereocenters. The van der Waals surface area contributed by atoms with Crippen LogP contribution in [0.15, 0.2) is 18.2 Å². The largest absolute Gasteiger partial charge is 0.481 e. The summed E-state index contributed by atoms with van der Waals surface area (Å²) in [6.07, 6.45) is 2.13. The third-order valence-electron chi connectivity index (χ3n) is 4.43. The van der Waals surface area contributed by atoms with Crippen LogP contribution < -0.4 is 0 Å². The first-order chi connectivity index (χ1) is 9.90. The second-order valence-corrected chi connectivity index (χ2v) is 6.11. The van der Waals surface area contributed by atoms with Crippen molar-refractivity contribution in [2.45, 2.75) is 39.7 Å². The maximum Gasteiger partial charge on any atom is 0.307 e. The first-order valence-electron chi connectivity index (χ1n) is 7.44. The zero-order valence-corrected chi connectivity index (χ0v) is 12.9. The lowest BCUT2D eigenvalue weighted by atomic mass is 9.94. The smallest absolute Gasteiger partial charge is 0.307 e. The number of aliphatic carboxylic acids is 1. The number of nitrogens with zero attached hydrogens (tertiary/aromatic N) is 1. The van der Waals surface area contributed by atoms with Crippen LogP contribution in [0.2, 0.25) is 0 Å². The van der Waals surface area contributed by atoms with E-state index in [9.17, 15) is 14.7 Å². The van der Waals surface area contributed by atoms with E-state index in [-0.39, 0.29) is 11.8 Å². The number of carboxylic acids is 1. The molecule has 0 aliphatic heterocycles. The Labute approximate surface area is 125 Å². The normalized spacial score (nSPS) is 21.3. The van der Waals surface area contributed by atoms with Gasteiger partial charge in [0, 0.05) is 13.6 Å². The maximum atomic E-state index is 12.5. The molecule has 4 heteroatoms. The van der Waals surface area contributed by atoms with Crippen molar-refractivity contribution < 1.29 is 14.7 Å². The molecule has 0 aromatic heterocycles. The zero-order chi connectivity index (χ0) is 15.6. The number of hydrogen-bond donors (Lipinski definition) is 1. The Hall–Kier alpha value is -1.84. The van der Waals surface area contributed by atoms with Crippen LogP contribution in [0.4, 0.5) is 0 Å². The summed E-state index contributed by atoms with van der Waals surface area (Å²) in [7, 11) is 1.76.